The molecule has 2 N–H and O–H groups in total. The van der Waals surface area contributed by atoms with Gasteiger partial charge >= 0.3 is 0 Å². The van der Waals surface area contributed by atoms with E-state index in [0.717, 1.165) is 16.8 Å². The van der Waals surface area contributed by atoms with Crippen molar-refractivity contribution in [2.45, 2.75) is 6.61 Å². The lowest BCUT2D eigenvalue weighted by atomic mass is 10.3. The van der Waals surface area contributed by atoms with Crippen molar-refractivity contribution in [2.75, 3.05) is 11.9 Å². The Labute approximate surface area is 128 Å². The highest BCUT2D eigenvalue weighted by Crippen LogP contribution is 2.15. The van der Waals surface area contributed by atoms with E-state index >= 15 is 0 Å². The molecule has 0 aliphatic carbocycles. The van der Waals surface area contributed by atoms with E-state index in [2.05, 4.69) is 21.2 Å². The van der Waals surface area contributed by atoms with E-state index in [-0.39, 0.29) is 24.7 Å². The van der Waals surface area contributed by atoms with E-state index in [0.29, 0.717) is 5.69 Å². The first-order valence-electron chi connectivity index (χ1n) is 5.99. The summed E-state index contributed by atoms with van der Waals surface area (Å²) in [7, 11) is 0. The zero-order valence-corrected chi connectivity index (χ0v) is 12.4. The maximum Gasteiger partial charge on any atom is 0.262 e. The lowest BCUT2D eigenvalue weighted by Gasteiger charge is -2.07. The van der Waals surface area contributed by atoms with Gasteiger partial charge in [0.2, 0.25) is 11.2 Å². The van der Waals surface area contributed by atoms with Gasteiger partial charge in [0.05, 0.1) is 0 Å². The minimum Gasteiger partial charge on any atom is -0.477 e. The van der Waals surface area contributed by atoms with Gasteiger partial charge in [-0.3, -0.25) is 9.59 Å². The first kappa shape index (κ1) is 15.3. The number of hydrogen-bond donors (Lipinski definition) is 2. The second-order valence-corrected chi connectivity index (χ2v) is 5.00. The Bertz CT molecular complexity index is 698. The number of hydrogen-bond acceptors (Lipinski definition) is 5. The first-order chi connectivity index (χ1) is 10.1. The quantitative estimate of drug-likeness (QED) is 0.856. The monoisotopic (exact) mass is 353 g/mol. The maximum atomic E-state index is 11.7. The zero-order chi connectivity index (χ0) is 15.2. The molecule has 0 unspecified atom stereocenters. The summed E-state index contributed by atoms with van der Waals surface area (Å²) >= 11 is 3.29. The van der Waals surface area contributed by atoms with Crippen LogP contribution in [0.25, 0.3) is 0 Å². The van der Waals surface area contributed by atoms with Gasteiger partial charge in [0.1, 0.15) is 18.6 Å². The van der Waals surface area contributed by atoms with E-state index < -0.39 is 11.3 Å². The largest absolute Gasteiger partial charge is 0.477 e. The number of halogens is 1. The van der Waals surface area contributed by atoms with Gasteiger partial charge in [-0.2, -0.15) is 0 Å². The van der Waals surface area contributed by atoms with Crippen molar-refractivity contribution in [2.24, 2.45) is 0 Å². The van der Waals surface area contributed by atoms with Crippen molar-refractivity contribution < 1.29 is 19.1 Å². The molecule has 0 radical (unpaired) electrons. The average molecular weight is 354 g/mol. The van der Waals surface area contributed by atoms with Crippen LogP contribution in [-0.4, -0.2) is 17.6 Å². The van der Waals surface area contributed by atoms with Crippen LogP contribution in [0.3, 0.4) is 0 Å². The summed E-state index contributed by atoms with van der Waals surface area (Å²) in [5.41, 5.74) is 0.154. The van der Waals surface area contributed by atoms with Crippen LogP contribution in [-0.2, 0) is 11.4 Å². The predicted molar refractivity (Wildman–Crippen MR) is 79.2 cm³/mol. The van der Waals surface area contributed by atoms with Crippen molar-refractivity contribution in [3.8, 4) is 5.75 Å². The topological polar surface area (TPSA) is 88.8 Å². The first-order valence-corrected chi connectivity index (χ1v) is 6.78. The van der Waals surface area contributed by atoms with Crippen molar-refractivity contribution in [3.05, 3.63) is 57.1 Å². The van der Waals surface area contributed by atoms with E-state index in [9.17, 15) is 9.59 Å². The standard InChI is InChI=1S/C14H12BrNO5/c15-9-2-1-3-10(4-9)16-14(19)8-21-13-7-20-11(6-17)5-12(13)18/h1-5,7,17H,6,8H2,(H,16,19). The Balaban J connectivity index is 1.94. The Morgan fingerprint density at radius 1 is 1.38 bits per heavy atom. The van der Waals surface area contributed by atoms with Crippen LogP contribution in [0.1, 0.15) is 5.76 Å². The van der Waals surface area contributed by atoms with Gasteiger partial charge in [-0.1, -0.05) is 22.0 Å². The Morgan fingerprint density at radius 3 is 2.86 bits per heavy atom. The molecular weight excluding hydrogens is 342 g/mol. The molecule has 1 aromatic carbocycles. The zero-order valence-electron chi connectivity index (χ0n) is 10.8. The Morgan fingerprint density at radius 2 is 2.19 bits per heavy atom. The van der Waals surface area contributed by atoms with Crippen LogP contribution in [0.5, 0.6) is 5.75 Å². The second kappa shape index (κ2) is 7.05. The molecule has 1 aromatic heterocycles. The maximum absolute atomic E-state index is 11.7. The lowest BCUT2D eigenvalue weighted by Crippen LogP contribution is -2.22. The third-order valence-electron chi connectivity index (χ3n) is 2.48. The molecule has 21 heavy (non-hydrogen) atoms. The fraction of sp³-hybridized carbons (Fsp3) is 0.143. The summed E-state index contributed by atoms with van der Waals surface area (Å²) in [4.78, 5) is 23.3. The highest BCUT2D eigenvalue weighted by molar-refractivity contribution is 9.10. The number of ether oxygens (including phenoxy) is 1. The van der Waals surface area contributed by atoms with Crippen molar-refractivity contribution in [1.29, 1.82) is 0 Å². The molecule has 0 aliphatic rings. The van der Waals surface area contributed by atoms with Gasteiger partial charge in [-0.25, -0.2) is 0 Å². The minimum atomic E-state index is -0.458. The van der Waals surface area contributed by atoms with Crippen LogP contribution in [0, 0.1) is 0 Å². The molecule has 7 heteroatoms. The van der Waals surface area contributed by atoms with Gasteiger partial charge in [0, 0.05) is 16.2 Å². The van der Waals surface area contributed by atoms with Crippen LogP contribution in [0.15, 0.2) is 50.3 Å². The fourth-order valence-electron chi connectivity index (χ4n) is 1.53. The second-order valence-electron chi connectivity index (χ2n) is 4.08. The predicted octanol–water partition coefficient (Wildman–Crippen LogP) is 1.91. The smallest absolute Gasteiger partial charge is 0.262 e. The number of anilines is 1. The number of benzene rings is 1. The van der Waals surface area contributed by atoms with Gasteiger partial charge in [0.15, 0.2) is 6.61 Å². The molecule has 110 valence electrons. The number of carbonyl (C=O) groups is 1. The van der Waals surface area contributed by atoms with Crippen molar-refractivity contribution in [1.82, 2.24) is 0 Å². The van der Waals surface area contributed by atoms with E-state index in [1.54, 1.807) is 18.2 Å². The minimum absolute atomic E-state index is 0.0865. The summed E-state index contributed by atoms with van der Waals surface area (Å²) < 4.78 is 10.9. The highest BCUT2D eigenvalue weighted by atomic mass is 79.9. The summed E-state index contributed by atoms with van der Waals surface area (Å²) in [5.74, 6) is -0.360. The molecule has 1 amide bonds. The molecular formula is C14H12BrNO5. The van der Waals surface area contributed by atoms with Crippen molar-refractivity contribution in [3.63, 3.8) is 0 Å². The average Bonchev–Trinajstić information content (AvgIpc) is 2.46. The summed E-state index contributed by atoms with van der Waals surface area (Å²) in [6.07, 6.45) is 1.07. The summed E-state index contributed by atoms with van der Waals surface area (Å²) in [6, 6.07) is 8.19. The molecule has 0 fully saturated rings. The lowest BCUT2D eigenvalue weighted by molar-refractivity contribution is -0.118. The van der Waals surface area contributed by atoms with E-state index in [1.165, 1.54) is 0 Å². The third kappa shape index (κ3) is 4.44. The highest BCUT2D eigenvalue weighted by Gasteiger charge is 2.08. The molecule has 0 saturated carbocycles. The van der Waals surface area contributed by atoms with Crippen molar-refractivity contribution >= 4 is 27.5 Å². The number of aliphatic hydroxyl groups excluding tert-OH is 1. The molecule has 1 heterocycles. The van der Waals surface area contributed by atoms with Crippen LogP contribution < -0.4 is 15.5 Å². The third-order valence-corrected chi connectivity index (χ3v) is 2.97. The van der Waals surface area contributed by atoms with Crippen LogP contribution in [0.4, 0.5) is 5.69 Å². The number of amides is 1. The molecule has 0 aliphatic heterocycles. The molecule has 0 atom stereocenters. The van der Waals surface area contributed by atoms with E-state index in [1.807, 2.05) is 6.07 Å². The summed E-state index contributed by atoms with van der Waals surface area (Å²) in [6.45, 7) is -0.700. The Kier molecular flexibility index (Phi) is 5.13. The van der Waals surface area contributed by atoms with Crippen LogP contribution in [0.2, 0.25) is 0 Å². The van der Waals surface area contributed by atoms with Gasteiger partial charge < -0.3 is 19.6 Å². The molecule has 6 nitrogen and oxygen atoms in total. The summed E-state index contributed by atoms with van der Waals surface area (Å²) in [5, 5.41) is 11.4. The fourth-order valence-corrected chi connectivity index (χ4v) is 1.93. The van der Waals surface area contributed by atoms with E-state index in [4.69, 9.17) is 14.3 Å². The molecule has 0 bridgehead atoms. The number of carbonyl (C=O) groups excluding carboxylic acids is 1. The number of aliphatic hydroxyl groups is 1. The van der Waals surface area contributed by atoms with Gasteiger partial charge in [0.25, 0.3) is 5.91 Å². The number of rotatable bonds is 5. The Hall–Kier alpha value is -2.12. The van der Waals surface area contributed by atoms with Gasteiger partial charge in [-0.15, -0.1) is 0 Å². The molecule has 0 spiro atoms. The van der Waals surface area contributed by atoms with Crippen LogP contribution >= 0.6 is 15.9 Å². The molecule has 2 aromatic rings. The number of nitrogens with one attached hydrogen (secondary N) is 1. The molecule has 2 rings (SSSR count). The molecule has 0 saturated heterocycles. The normalized spacial score (nSPS) is 10.2. The van der Waals surface area contributed by atoms with Gasteiger partial charge in [-0.05, 0) is 18.2 Å². The SMILES string of the molecule is O=C(COc1coc(CO)cc1=O)Nc1cccc(Br)c1.